The van der Waals surface area contributed by atoms with Gasteiger partial charge in [-0.1, -0.05) is 17.7 Å². The smallest absolute Gasteiger partial charge is 0.291 e. The van der Waals surface area contributed by atoms with E-state index in [1.807, 2.05) is 0 Å². The van der Waals surface area contributed by atoms with Gasteiger partial charge in [-0.25, -0.2) is 4.98 Å². The number of rotatable bonds is 2. The summed E-state index contributed by atoms with van der Waals surface area (Å²) in [5, 5.41) is 10.8. The van der Waals surface area contributed by atoms with Crippen molar-refractivity contribution in [2.45, 2.75) is 0 Å². The first-order valence-corrected chi connectivity index (χ1v) is 6.99. The number of H-pyrrole nitrogens is 1. The van der Waals surface area contributed by atoms with Crippen molar-refractivity contribution >= 4 is 22.5 Å². The minimum absolute atomic E-state index is 0.143. The Kier molecular flexibility index (Phi) is 3.75. The summed E-state index contributed by atoms with van der Waals surface area (Å²) in [6, 6.07) is 9.18. The van der Waals surface area contributed by atoms with Gasteiger partial charge in [0, 0.05) is 16.5 Å². The lowest BCUT2D eigenvalue weighted by Crippen LogP contribution is -2.06. The van der Waals surface area contributed by atoms with Gasteiger partial charge in [0.15, 0.2) is 5.75 Å². The molecule has 2 N–H and O–H groups in total. The highest BCUT2D eigenvalue weighted by Gasteiger charge is 2.16. The Morgan fingerprint density at radius 1 is 1.22 bits per heavy atom. The van der Waals surface area contributed by atoms with Crippen molar-refractivity contribution in [3.63, 3.8) is 0 Å². The zero-order valence-electron chi connectivity index (χ0n) is 12.0. The van der Waals surface area contributed by atoms with Crippen LogP contribution in [-0.4, -0.2) is 22.2 Å². The Balaban J connectivity index is 2.48. The van der Waals surface area contributed by atoms with Crippen LogP contribution in [0.1, 0.15) is 0 Å². The van der Waals surface area contributed by atoms with Gasteiger partial charge in [-0.2, -0.15) is 0 Å². The quantitative estimate of drug-likeness (QED) is 0.752. The molecule has 0 aliphatic carbocycles. The highest BCUT2D eigenvalue weighted by molar-refractivity contribution is 6.31. The van der Waals surface area contributed by atoms with Crippen LogP contribution >= 0.6 is 11.6 Å². The predicted molar refractivity (Wildman–Crippen MR) is 87.3 cm³/mol. The third-order valence-electron chi connectivity index (χ3n) is 3.34. The highest BCUT2D eigenvalue weighted by atomic mass is 35.5. The molecule has 0 saturated heterocycles. The van der Waals surface area contributed by atoms with Gasteiger partial charge in [-0.3, -0.25) is 9.59 Å². The Hall–Kier alpha value is -2.86. The Bertz CT molecular complexity index is 1030. The molecule has 0 bridgehead atoms. The molecule has 0 fully saturated rings. The SMILES string of the molecule is COc1cccc(-c2c(O)c(=O)[nH]c3cc(Cl)ccc3c2=O)n1. The molecule has 0 atom stereocenters. The second-order valence-corrected chi connectivity index (χ2v) is 5.20. The van der Waals surface area contributed by atoms with E-state index in [0.717, 1.165) is 0 Å². The van der Waals surface area contributed by atoms with Crippen molar-refractivity contribution < 1.29 is 9.84 Å². The van der Waals surface area contributed by atoms with Gasteiger partial charge in [-0.05, 0) is 24.3 Å². The summed E-state index contributed by atoms with van der Waals surface area (Å²) in [4.78, 5) is 31.4. The third-order valence-corrected chi connectivity index (χ3v) is 3.58. The summed E-state index contributed by atoms with van der Waals surface area (Å²) < 4.78 is 5.01. The fraction of sp³-hybridized carbons (Fsp3) is 0.0625. The number of benzene rings is 1. The van der Waals surface area contributed by atoms with Crippen LogP contribution < -0.4 is 15.7 Å². The van der Waals surface area contributed by atoms with Crippen LogP contribution in [-0.2, 0) is 0 Å². The molecule has 2 heterocycles. The van der Waals surface area contributed by atoms with Crippen molar-refractivity contribution in [1.29, 1.82) is 0 Å². The Labute approximate surface area is 135 Å². The second-order valence-electron chi connectivity index (χ2n) is 4.76. The monoisotopic (exact) mass is 330 g/mol. The number of hydrogen-bond acceptors (Lipinski definition) is 5. The van der Waals surface area contributed by atoms with E-state index in [-0.39, 0.29) is 28.0 Å². The number of aromatic amines is 1. The van der Waals surface area contributed by atoms with E-state index in [0.29, 0.717) is 5.02 Å². The van der Waals surface area contributed by atoms with Gasteiger partial charge in [0.05, 0.1) is 23.9 Å². The lowest BCUT2D eigenvalue weighted by atomic mass is 10.1. The molecule has 7 heteroatoms. The van der Waals surface area contributed by atoms with Gasteiger partial charge < -0.3 is 14.8 Å². The lowest BCUT2D eigenvalue weighted by Gasteiger charge is -2.02. The maximum atomic E-state index is 12.8. The molecule has 0 amide bonds. The van der Waals surface area contributed by atoms with Crippen LogP contribution in [0.15, 0.2) is 46.0 Å². The van der Waals surface area contributed by atoms with E-state index in [1.165, 1.54) is 31.4 Å². The number of ether oxygens (including phenoxy) is 1. The maximum absolute atomic E-state index is 12.8. The first kappa shape index (κ1) is 15.1. The summed E-state index contributed by atoms with van der Waals surface area (Å²) in [6.07, 6.45) is 0. The Morgan fingerprint density at radius 2 is 2.00 bits per heavy atom. The van der Waals surface area contributed by atoms with Crippen molar-refractivity contribution in [3.8, 4) is 22.9 Å². The van der Waals surface area contributed by atoms with Gasteiger partial charge in [0.1, 0.15) is 0 Å². The number of hydrogen-bond donors (Lipinski definition) is 2. The van der Waals surface area contributed by atoms with Crippen molar-refractivity contribution in [2.24, 2.45) is 0 Å². The number of pyridine rings is 1. The standard InChI is InChI=1S/C16H11ClN2O4/c1-23-12-4-2-3-10(18-12)13-14(20)9-6-5-8(17)7-11(9)19-16(22)15(13)21/h2-7,21H,1H3,(H,19,22). The summed E-state index contributed by atoms with van der Waals surface area (Å²) in [6.45, 7) is 0. The summed E-state index contributed by atoms with van der Waals surface area (Å²) in [5.74, 6) is -0.445. The molecule has 3 aromatic rings. The molecule has 0 unspecified atom stereocenters. The molecule has 6 nitrogen and oxygen atoms in total. The topological polar surface area (TPSA) is 92.3 Å². The molecule has 0 aliphatic heterocycles. The zero-order chi connectivity index (χ0) is 16.6. The van der Waals surface area contributed by atoms with E-state index in [9.17, 15) is 14.7 Å². The van der Waals surface area contributed by atoms with Gasteiger partial charge in [0.2, 0.25) is 11.3 Å². The molecular weight excluding hydrogens is 320 g/mol. The molecule has 0 aliphatic rings. The number of nitrogens with zero attached hydrogens (tertiary/aromatic N) is 1. The largest absolute Gasteiger partial charge is 0.502 e. The van der Waals surface area contributed by atoms with Gasteiger partial charge in [-0.15, -0.1) is 0 Å². The third kappa shape index (κ3) is 2.64. The van der Waals surface area contributed by atoms with Crippen LogP contribution in [0.5, 0.6) is 11.6 Å². The fourth-order valence-corrected chi connectivity index (χ4v) is 2.43. The lowest BCUT2D eigenvalue weighted by molar-refractivity contribution is 0.398. The van der Waals surface area contributed by atoms with E-state index in [2.05, 4.69) is 9.97 Å². The molecule has 1 aromatic carbocycles. The molecular formula is C16H11ClN2O4. The fourth-order valence-electron chi connectivity index (χ4n) is 2.26. The number of methoxy groups -OCH3 is 1. The molecule has 23 heavy (non-hydrogen) atoms. The minimum atomic E-state index is -0.806. The number of aromatic hydroxyl groups is 1. The molecule has 2 aromatic heterocycles. The molecule has 0 saturated carbocycles. The van der Waals surface area contributed by atoms with Gasteiger partial charge in [0.25, 0.3) is 5.56 Å². The second kappa shape index (κ2) is 5.73. The predicted octanol–water partition coefficient (Wildman–Crippen LogP) is 2.32. The van der Waals surface area contributed by atoms with E-state index in [4.69, 9.17) is 16.3 Å². The first-order chi connectivity index (χ1) is 11.0. The normalized spacial score (nSPS) is 10.7. The van der Waals surface area contributed by atoms with Crippen LogP contribution in [0.3, 0.4) is 0 Å². The van der Waals surface area contributed by atoms with E-state index in [1.54, 1.807) is 12.1 Å². The molecule has 116 valence electrons. The van der Waals surface area contributed by atoms with E-state index < -0.39 is 16.7 Å². The molecule has 0 spiro atoms. The summed E-state index contributed by atoms with van der Waals surface area (Å²) >= 11 is 5.89. The summed E-state index contributed by atoms with van der Waals surface area (Å²) in [5.41, 5.74) is -1.16. The van der Waals surface area contributed by atoms with E-state index >= 15 is 0 Å². The highest BCUT2D eigenvalue weighted by Crippen LogP contribution is 2.24. The zero-order valence-corrected chi connectivity index (χ0v) is 12.7. The first-order valence-electron chi connectivity index (χ1n) is 6.61. The molecule has 3 rings (SSSR count). The summed E-state index contributed by atoms with van der Waals surface area (Å²) in [7, 11) is 1.43. The van der Waals surface area contributed by atoms with Crippen LogP contribution in [0.25, 0.3) is 22.2 Å². The number of nitrogens with one attached hydrogen (secondary N) is 1. The average Bonchev–Trinajstić information content (AvgIpc) is 2.63. The molecule has 0 radical (unpaired) electrons. The Morgan fingerprint density at radius 3 is 2.74 bits per heavy atom. The number of aromatic nitrogens is 2. The minimum Gasteiger partial charge on any atom is -0.502 e. The van der Waals surface area contributed by atoms with Crippen LogP contribution in [0.4, 0.5) is 0 Å². The number of fused-ring (bicyclic) bond motifs is 1. The van der Waals surface area contributed by atoms with Crippen molar-refractivity contribution in [3.05, 3.63) is 62.0 Å². The van der Waals surface area contributed by atoms with Crippen molar-refractivity contribution in [2.75, 3.05) is 7.11 Å². The number of halogens is 1. The van der Waals surface area contributed by atoms with Crippen molar-refractivity contribution in [1.82, 2.24) is 9.97 Å². The van der Waals surface area contributed by atoms with Crippen LogP contribution in [0.2, 0.25) is 5.02 Å². The average molecular weight is 331 g/mol. The van der Waals surface area contributed by atoms with Crippen LogP contribution in [0, 0.1) is 0 Å². The van der Waals surface area contributed by atoms with Gasteiger partial charge >= 0.3 is 0 Å². The maximum Gasteiger partial charge on any atom is 0.291 e.